The van der Waals surface area contributed by atoms with Gasteiger partial charge < -0.3 is 10.6 Å². The molecule has 0 aromatic rings. The molecule has 3 fully saturated rings. The highest BCUT2D eigenvalue weighted by atomic mass is 32.2. The van der Waals surface area contributed by atoms with Gasteiger partial charge in [-0.05, 0) is 57.8 Å². The van der Waals surface area contributed by atoms with Crippen LogP contribution in [0.3, 0.4) is 0 Å². The molecule has 1 amide bonds. The molecule has 1 saturated heterocycles. The Hall–Kier alpha value is -0.930. The molecule has 1 heterocycles. The second-order valence-electron chi connectivity index (χ2n) is 7.94. The van der Waals surface area contributed by atoms with E-state index in [9.17, 15) is 14.3 Å². The Kier molecular flexibility index (Phi) is 3.85. The molecular weight excluding hydrogens is 298 g/mol. The summed E-state index contributed by atoms with van der Waals surface area (Å²) in [5.41, 5.74) is 6.06. The van der Waals surface area contributed by atoms with E-state index in [1.807, 2.05) is 20.8 Å². The van der Waals surface area contributed by atoms with Gasteiger partial charge in [-0.2, -0.15) is 5.26 Å². The molecule has 5 nitrogen and oxygen atoms in total. The van der Waals surface area contributed by atoms with Crippen LogP contribution < -0.4 is 5.73 Å². The Labute approximate surface area is 134 Å². The molecule has 3 rings (SSSR count). The molecule has 0 aromatic heterocycles. The van der Waals surface area contributed by atoms with Crippen molar-refractivity contribution < 1.29 is 9.00 Å². The fourth-order valence-electron chi connectivity index (χ4n) is 4.65. The third-order valence-corrected chi connectivity index (χ3v) is 7.69. The van der Waals surface area contributed by atoms with Crippen LogP contribution in [0.5, 0.6) is 0 Å². The number of carbonyl (C=O) groups excluding carboxylic acids is 1. The number of likely N-dealkylation sites (tertiary alicyclic amines) is 1. The van der Waals surface area contributed by atoms with Crippen LogP contribution in [-0.2, 0) is 15.6 Å². The van der Waals surface area contributed by atoms with Crippen molar-refractivity contribution in [3.05, 3.63) is 0 Å². The number of rotatable bonds is 3. The van der Waals surface area contributed by atoms with Crippen molar-refractivity contribution in [1.29, 1.82) is 5.26 Å². The van der Waals surface area contributed by atoms with Crippen LogP contribution >= 0.6 is 0 Å². The van der Waals surface area contributed by atoms with Crippen molar-refractivity contribution in [2.24, 2.45) is 23.5 Å². The average molecular weight is 323 g/mol. The third kappa shape index (κ3) is 2.30. The topological polar surface area (TPSA) is 87.2 Å². The second kappa shape index (κ2) is 5.31. The molecule has 6 unspecified atom stereocenters. The van der Waals surface area contributed by atoms with E-state index in [2.05, 4.69) is 6.07 Å². The minimum Gasteiger partial charge on any atom is -0.321 e. The first-order valence-corrected chi connectivity index (χ1v) is 9.43. The molecule has 0 radical (unpaired) electrons. The van der Waals surface area contributed by atoms with Crippen LogP contribution in [0, 0.1) is 29.1 Å². The minimum absolute atomic E-state index is 0.170. The standard InChI is InChI=1S/C16H25N3O2S/c1-16(2,3)22(21)8-12(18)15(20)19-13(7-17)11-6-9-4-5-10(11)14(9)19/h9-14H,4-6,8,18H2,1-3H3/t9?,10-,11?,12?,13?,14?,22?/m0/s1. The van der Waals surface area contributed by atoms with E-state index in [4.69, 9.17) is 5.73 Å². The van der Waals surface area contributed by atoms with Gasteiger partial charge in [-0.3, -0.25) is 9.00 Å². The first-order valence-electron chi connectivity index (χ1n) is 8.11. The molecule has 4 bridgehead atoms. The summed E-state index contributed by atoms with van der Waals surface area (Å²) < 4.78 is 11.9. The molecule has 2 N–H and O–H groups in total. The lowest BCUT2D eigenvalue weighted by atomic mass is 9.84. The van der Waals surface area contributed by atoms with E-state index < -0.39 is 16.8 Å². The van der Waals surface area contributed by atoms with Crippen LogP contribution in [0.15, 0.2) is 0 Å². The predicted molar refractivity (Wildman–Crippen MR) is 85.1 cm³/mol. The lowest BCUT2D eigenvalue weighted by Crippen LogP contribution is -2.55. The molecule has 122 valence electrons. The second-order valence-corrected chi connectivity index (χ2v) is 10.2. The lowest BCUT2D eigenvalue weighted by molar-refractivity contribution is -0.136. The molecule has 7 atom stereocenters. The summed E-state index contributed by atoms with van der Waals surface area (Å²) >= 11 is 0. The van der Waals surface area contributed by atoms with Crippen molar-refractivity contribution >= 4 is 16.7 Å². The van der Waals surface area contributed by atoms with E-state index in [0.29, 0.717) is 17.8 Å². The fraction of sp³-hybridized carbons (Fsp3) is 0.875. The van der Waals surface area contributed by atoms with Gasteiger partial charge in [0.25, 0.3) is 0 Å². The molecule has 2 aliphatic carbocycles. The molecular formula is C16H25N3O2S. The van der Waals surface area contributed by atoms with E-state index in [-0.39, 0.29) is 28.5 Å². The number of piperidine rings is 1. The maximum atomic E-state index is 12.8. The highest BCUT2D eigenvalue weighted by Crippen LogP contribution is 2.58. The zero-order valence-corrected chi connectivity index (χ0v) is 14.3. The minimum atomic E-state index is -1.16. The number of nitrogens with two attached hydrogens (primary N) is 1. The summed E-state index contributed by atoms with van der Waals surface area (Å²) in [6, 6.07) is 1.43. The summed E-state index contributed by atoms with van der Waals surface area (Å²) in [6.45, 7) is 5.66. The molecule has 6 heteroatoms. The quantitative estimate of drug-likeness (QED) is 0.839. The summed E-state index contributed by atoms with van der Waals surface area (Å²) in [6.07, 6.45) is 3.38. The van der Waals surface area contributed by atoms with Gasteiger partial charge in [0.2, 0.25) is 5.91 Å². The van der Waals surface area contributed by atoms with Crippen molar-refractivity contribution in [3.8, 4) is 6.07 Å². The Morgan fingerprint density at radius 3 is 2.68 bits per heavy atom. The average Bonchev–Trinajstić information content (AvgIpc) is 3.09. The highest BCUT2D eigenvalue weighted by molar-refractivity contribution is 7.86. The van der Waals surface area contributed by atoms with Gasteiger partial charge in [0, 0.05) is 27.3 Å². The maximum Gasteiger partial charge on any atom is 0.241 e. The number of hydrogen-bond donors (Lipinski definition) is 1. The van der Waals surface area contributed by atoms with Crippen molar-refractivity contribution in [2.75, 3.05) is 5.75 Å². The normalized spacial score (nSPS) is 38.9. The molecule has 1 aliphatic heterocycles. The van der Waals surface area contributed by atoms with Gasteiger partial charge in [-0.1, -0.05) is 0 Å². The largest absolute Gasteiger partial charge is 0.321 e. The zero-order valence-electron chi connectivity index (χ0n) is 13.5. The van der Waals surface area contributed by atoms with E-state index in [1.165, 1.54) is 0 Å². The maximum absolute atomic E-state index is 12.8. The lowest BCUT2D eigenvalue weighted by Gasteiger charge is -2.37. The molecule has 22 heavy (non-hydrogen) atoms. The SMILES string of the molecule is CC(C)(C)S(=O)CC(N)C(=O)N1C(C#N)C2CC3CC[C@@H]2C31. The van der Waals surface area contributed by atoms with Crippen LogP contribution in [0.25, 0.3) is 0 Å². The van der Waals surface area contributed by atoms with E-state index in [0.717, 1.165) is 19.3 Å². The summed E-state index contributed by atoms with van der Waals surface area (Å²) in [4.78, 5) is 14.6. The van der Waals surface area contributed by atoms with E-state index in [1.54, 1.807) is 4.90 Å². The van der Waals surface area contributed by atoms with E-state index >= 15 is 0 Å². The Bertz CT molecular complexity index is 551. The molecule has 0 spiro atoms. The van der Waals surface area contributed by atoms with Crippen LogP contribution in [-0.4, -0.2) is 43.6 Å². The summed E-state index contributed by atoms with van der Waals surface area (Å²) in [7, 11) is -1.16. The van der Waals surface area contributed by atoms with Gasteiger partial charge in [0.1, 0.15) is 6.04 Å². The smallest absolute Gasteiger partial charge is 0.241 e. The Morgan fingerprint density at radius 1 is 1.41 bits per heavy atom. The fourth-order valence-corrected chi connectivity index (χ4v) is 5.62. The van der Waals surface area contributed by atoms with Gasteiger partial charge in [-0.25, -0.2) is 0 Å². The first kappa shape index (κ1) is 15.9. The summed E-state index contributed by atoms with van der Waals surface area (Å²) in [5.74, 6) is 1.36. The Morgan fingerprint density at radius 2 is 2.09 bits per heavy atom. The van der Waals surface area contributed by atoms with Crippen molar-refractivity contribution in [3.63, 3.8) is 0 Å². The number of hydrogen-bond acceptors (Lipinski definition) is 4. The van der Waals surface area contributed by atoms with Crippen LogP contribution in [0.4, 0.5) is 0 Å². The molecule has 0 aromatic carbocycles. The first-order chi connectivity index (χ1) is 10.3. The summed E-state index contributed by atoms with van der Waals surface area (Å²) in [5, 5.41) is 9.48. The van der Waals surface area contributed by atoms with Crippen LogP contribution in [0.2, 0.25) is 0 Å². The van der Waals surface area contributed by atoms with Crippen molar-refractivity contribution in [1.82, 2.24) is 4.90 Å². The monoisotopic (exact) mass is 323 g/mol. The predicted octanol–water partition coefficient (Wildman–Crippen LogP) is 1.01. The van der Waals surface area contributed by atoms with Gasteiger partial charge in [0.05, 0.1) is 12.1 Å². The van der Waals surface area contributed by atoms with Gasteiger partial charge in [0.15, 0.2) is 0 Å². The zero-order chi connectivity index (χ0) is 16.2. The van der Waals surface area contributed by atoms with Crippen molar-refractivity contribution in [2.45, 2.75) is 62.9 Å². The number of amides is 1. The highest BCUT2D eigenvalue weighted by Gasteiger charge is 2.62. The molecule has 3 aliphatic rings. The van der Waals surface area contributed by atoms with Gasteiger partial charge in [-0.15, -0.1) is 0 Å². The van der Waals surface area contributed by atoms with Gasteiger partial charge >= 0.3 is 0 Å². The number of nitrogens with zero attached hydrogens (tertiary/aromatic N) is 2. The molecule has 2 saturated carbocycles. The number of nitriles is 1. The Balaban J connectivity index is 1.75. The van der Waals surface area contributed by atoms with Crippen LogP contribution in [0.1, 0.15) is 40.0 Å². The third-order valence-electron chi connectivity index (χ3n) is 5.66. The number of carbonyl (C=O) groups is 1.